The molecule has 2 heterocycles. The molecule has 4 nitrogen and oxygen atoms in total. The normalized spacial score (nSPS) is 18.9. The third-order valence-electron chi connectivity index (χ3n) is 6.96. The van der Waals surface area contributed by atoms with Gasteiger partial charge in [0.2, 0.25) is 5.91 Å². The van der Waals surface area contributed by atoms with Crippen LogP contribution in [0.1, 0.15) is 48.6 Å². The number of fused-ring (bicyclic) bond motifs is 1. The second-order valence-corrected chi connectivity index (χ2v) is 10.7. The molecule has 0 saturated heterocycles. The third-order valence-corrected chi connectivity index (χ3v) is 8.99. The molecule has 0 radical (unpaired) electrons. The van der Waals surface area contributed by atoms with Crippen LogP contribution in [0.15, 0.2) is 65.8 Å². The van der Waals surface area contributed by atoms with E-state index in [4.69, 9.17) is 16.3 Å². The fourth-order valence-electron chi connectivity index (χ4n) is 5.13. The summed E-state index contributed by atoms with van der Waals surface area (Å²) in [7, 11) is 2.15. The number of nitrogens with zero attached hydrogens (tertiary/aromatic N) is 2. The Balaban J connectivity index is 0.00000156. The highest BCUT2D eigenvalue weighted by atomic mass is 35.5. The van der Waals surface area contributed by atoms with Crippen molar-refractivity contribution in [3.8, 4) is 16.9 Å². The van der Waals surface area contributed by atoms with Gasteiger partial charge in [0.25, 0.3) is 0 Å². The molecule has 0 N–H and O–H groups in total. The van der Waals surface area contributed by atoms with Gasteiger partial charge in [0, 0.05) is 41.0 Å². The number of hydrogen-bond acceptors (Lipinski definition) is 4. The molecule has 1 aliphatic carbocycles. The number of carbonyl (C=O) groups is 1. The summed E-state index contributed by atoms with van der Waals surface area (Å²) in [6.45, 7) is 0.417. The summed E-state index contributed by atoms with van der Waals surface area (Å²) in [5, 5.41) is -1.12. The Morgan fingerprint density at radius 3 is 2.57 bits per heavy atom. The van der Waals surface area contributed by atoms with E-state index in [1.54, 1.807) is 19.4 Å². The summed E-state index contributed by atoms with van der Waals surface area (Å²) in [5.74, 6) is 0.386. The lowest BCUT2D eigenvalue weighted by molar-refractivity contribution is -0.134. The van der Waals surface area contributed by atoms with Gasteiger partial charge in [-0.1, -0.05) is 43.5 Å². The molecule has 2 atom stereocenters. The van der Waals surface area contributed by atoms with Crippen molar-refractivity contribution in [2.75, 3.05) is 14.3 Å². The zero-order valence-electron chi connectivity index (χ0n) is 21.0. The topological polar surface area (TPSA) is 42.4 Å². The zero-order chi connectivity index (χ0) is 26.4. The molecular weight excluding hydrogens is 514 g/mol. The number of aromatic nitrogens is 1. The third kappa shape index (κ3) is 5.93. The summed E-state index contributed by atoms with van der Waals surface area (Å²) in [5.41, 5.74) is 3.66. The first-order chi connectivity index (χ1) is 18.1. The SMILES string of the molecule is CF.COc1ccc(-c2cccnc2)cc1CN(C(=O)C1Sc2c(F)cccc2C1Cl)C1CCCCC1. The van der Waals surface area contributed by atoms with E-state index in [2.05, 4.69) is 11.1 Å². The number of alkyl halides is 2. The fraction of sp³-hybridized carbons (Fsp3) is 0.379. The van der Waals surface area contributed by atoms with Crippen LogP contribution in [0.3, 0.4) is 0 Å². The second kappa shape index (κ2) is 12.7. The number of rotatable bonds is 6. The minimum Gasteiger partial charge on any atom is -0.496 e. The maximum atomic E-state index is 14.5. The van der Waals surface area contributed by atoms with Crippen LogP contribution in [0.2, 0.25) is 0 Å². The molecule has 196 valence electrons. The predicted octanol–water partition coefficient (Wildman–Crippen LogP) is 7.60. The molecule has 1 fully saturated rings. The molecule has 1 aromatic heterocycles. The highest BCUT2D eigenvalue weighted by Gasteiger charge is 2.42. The molecule has 1 saturated carbocycles. The molecule has 37 heavy (non-hydrogen) atoms. The minimum atomic E-state index is -0.562. The van der Waals surface area contributed by atoms with E-state index in [1.807, 2.05) is 41.4 Å². The van der Waals surface area contributed by atoms with Crippen molar-refractivity contribution in [2.45, 2.75) is 60.2 Å². The summed E-state index contributed by atoms with van der Waals surface area (Å²) in [6, 6.07) is 15.0. The Labute approximate surface area is 226 Å². The van der Waals surface area contributed by atoms with Crippen molar-refractivity contribution >= 4 is 29.3 Å². The first-order valence-electron chi connectivity index (χ1n) is 12.4. The summed E-state index contributed by atoms with van der Waals surface area (Å²) in [6.07, 6.45) is 8.88. The molecular formula is C29H31ClF2N2O2S. The number of ether oxygens (including phenoxy) is 1. The van der Waals surface area contributed by atoms with Crippen LogP contribution in [-0.4, -0.2) is 41.4 Å². The van der Waals surface area contributed by atoms with Crippen LogP contribution >= 0.6 is 23.4 Å². The minimum absolute atomic E-state index is 0.0358. The maximum Gasteiger partial charge on any atom is 0.238 e. The predicted molar refractivity (Wildman–Crippen MR) is 145 cm³/mol. The first kappa shape index (κ1) is 27.4. The van der Waals surface area contributed by atoms with Crippen molar-refractivity contribution in [2.24, 2.45) is 0 Å². The van der Waals surface area contributed by atoms with E-state index in [9.17, 15) is 13.6 Å². The van der Waals surface area contributed by atoms with Crippen LogP contribution in [0.5, 0.6) is 5.75 Å². The van der Waals surface area contributed by atoms with Crippen molar-refractivity contribution < 1.29 is 18.3 Å². The van der Waals surface area contributed by atoms with E-state index in [0.29, 0.717) is 24.2 Å². The van der Waals surface area contributed by atoms with Crippen LogP contribution in [0.4, 0.5) is 8.78 Å². The Hall–Kier alpha value is -2.64. The number of carbonyl (C=O) groups excluding carboxylic acids is 1. The Kier molecular flexibility index (Phi) is 9.43. The lowest BCUT2D eigenvalue weighted by Gasteiger charge is -2.36. The summed E-state index contributed by atoms with van der Waals surface area (Å²) >= 11 is 8.01. The molecule has 2 unspecified atom stereocenters. The first-order valence-corrected chi connectivity index (χ1v) is 13.7. The summed E-state index contributed by atoms with van der Waals surface area (Å²) in [4.78, 5) is 20.7. The van der Waals surface area contributed by atoms with Gasteiger partial charge in [0.1, 0.15) is 16.8 Å². The molecule has 8 heteroatoms. The standard InChI is InChI=1S/C28H28ClFN2O2S.CH3F/c1-34-24-13-12-18(19-7-6-14-31-16-19)15-20(24)17-32(21-8-3-2-4-9-21)28(33)27-25(29)22-10-5-11-23(30)26(22)35-27;1-2/h5-7,10-16,21,25,27H,2-4,8-9,17H2,1H3;1H3. The molecule has 1 aliphatic heterocycles. The Morgan fingerprint density at radius 1 is 1.11 bits per heavy atom. The number of pyridine rings is 1. The highest BCUT2D eigenvalue weighted by Crippen LogP contribution is 2.49. The lowest BCUT2D eigenvalue weighted by Crippen LogP contribution is -2.45. The van der Waals surface area contributed by atoms with Crippen LogP contribution in [0, 0.1) is 5.82 Å². The molecule has 0 bridgehead atoms. The maximum absolute atomic E-state index is 14.5. The van der Waals surface area contributed by atoms with E-state index in [0.717, 1.165) is 48.1 Å². The van der Waals surface area contributed by atoms with Gasteiger partial charge in [-0.2, -0.15) is 0 Å². The van der Waals surface area contributed by atoms with Gasteiger partial charge in [-0.3, -0.25) is 14.2 Å². The van der Waals surface area contributed by atoms with Gasteiger partial charge in [-0.15, -0.1) is 23.4 Å². The quantitative estimate of drug-likeness (QED) is 0.300. The Bertz CT molecular complexity index is 1210. The van der Waals surface area contributed by atoms with Gasteiger partial charge in [-0.05, 0) is 48.2 Å². The van der Waals surface area contributed by atoms with E-state index in [-0.39, 0.29) is 17.8 Å². The van der Waals surface area contributed by atoms with Crippen molar-refractivity contribution in [1.82, 2.24) is 9.88 Å². The van der Waals surface area contributed by atoms with Crippen molar-refractivity contribution in [3.05, 3.63) is 77.9 Å². The zero-order valence-corrected chi connectivity index (χ0v) is 22.6. The fourth-order valence-corrected chi connectivity index (χ4v) is 6.91. The molecule has 2 aliphatic rings. The molecule has 1 amide bonds. The average molecular weight is 545 g/mol. The lowest BCUT2D eigenvalue weighted by atomic mass is 9.93. The van der Waals surface area contributed by atoms with Crippen LogP contribution < -0.4 is 4.74 Å². The number of amides is 1. The van der Waals surface area contributed by atoms with E-state index in [1.165, 1.54) is 24.2 Å². The summed E-state index contributed by atoms with van der Waals surface area (Å²) < 4.78 is 29.7. The van der Waals surface area contributed by atoms with Gasteiger partial charge in [-0.25, -0.2) is 4.39 Å². The largest absolute Gasteiger partial charge is 0.496 e. The van der Waals surface area contributed by atoms with Crippen molar-refractivity contribution in [1.29, 1.82) is 0 Å². The highest BCUT2D eigenvalue weighted by molar-refractivity contribution is 8.01. The number of thioether (sulfide) groups is 1. The number of benzene rings is 2. The van der Waals surface area contributed by atoms with Crippen LogP contribution in [0.25, 0.3) is 11.1 Å². The van der Waals surface area contributed by atoms with Gasteiger partial charge in [0.15, 0.2) is 0 Å². The average Bonchev–Trinajstić information content (AvgIpc) is 3.30. The van der Waals surface area contributed by atoms with Crippen molar-refractivity contribution in [3.63, 3.8) is 0 Å². The van der Waals surface area contributed by atoms with E-state index < -0.39 is 10.6 Å². The smallest absolute Gasteiger partial charge is 0.238 e. The van der Waals surface area contributed by atoms with Gasteiger partial charge < -0.3 is 9.64 Å². The molecule has 3 aromatic rings. The van der Waals surface area contributed by atoms with Gasteiger partial charge >= 0.3 is 0 Å². The van der Waals surface area contributed by atoms with Gasteiger partial charge in [0.05, 0.1) is 19.7 Å². The Morgan fingerprint density at radius 2 is 1.89 bits per heavy atom. The number of methoxy groups -OCH3 is 1. The number of halogens is 3. The second-order valence-electron chi connectivity index (χ2n) is 9.12. The van der Waals surface area contributed by atoms with Crippen LogP contribution in [-0.2, 0) is 11.3 Å². The monoisotopic (exact) mass is 544 g/mol. The van der Waals surface area contributed by atoms with E-state index >= 15 is 0 Å². The molecule has 0 spiro atoms. The number of hydrogen-bond donors (Lipinski definition) is 0. The molecule has 2 aromatic carbocycles. The molecule has 5 rings (SSSR count).